The topological polar surface area (TPSA) is 38.3 Å². The number of ether oxygens (including phenoxy) is 1. The van der Waals surface area contributed by atoms with E-state index in [9.17, 15) is 4.79 Å². The molecule has 126 valence electrons. The fourth-order valence-corrected chi connectivity index (χ4v) is 2.97. The standard InChI is InChI=1S/C20H23NO2S/c1-16-7-9-17(10-8-16)15-24-14-13-21-20(22)12-11-18-5-3-4-6-19(18)23-2/h3-12H,13-15H2,1-2H3,(H,21,22)/b12-11+. The summed E-state index contributed by atoms with van der Waals surface area (Å²) in [4.78, 5) is 11.8. The van der Waals surface area contributed by atoms with E-state index in [-0.39, 0.29) is 5.91 Å². The number of thioether (sulfide) groups is 1. The number of nitrogens with one attached hydrogen (secondary N) is 1. The molecule has 0 aromatic heterocycles. The van der Waals surface area contributed by atoms with Gasteiger partial charge in [-0.15, -0.1) is 0 Å². The van der Waals surface area contributed by atoms with Gasteiger partial charge in [0.05, 0.1) is 7.11 Å². The highest BCUT2D eigenvalue weighted by Gasteiger charge is 1.99. The van der Waals surface area contributed by atoms with Crippen LogP contribution in [0.5, 0.6) is 5.75 Å². The number of carbonyl (C=O) groups excluding carboxylic acids is 1. The van der Waals surface area contributed by atoms with Crippen LogP contribution in [-0.4, -0.2) is 25.3 Å². The van der Waals surface area contributed by atoms with Crippen LogP contribution < -0.4 is 10.1 Å². The van der Waals surface area contributed by atoms with E-state index in [4.69, 9.17) is 4.74 Å². The van der Waals surface area contributed by atoms with Gasteiger partial charge < -0.3 is 10.1 Å². The quantitative estimate of drug-likeness (QED) is 0.581. The molecule has 0 saturated carbocycles. The van der Waals surface area contributed by atoms with E-state index in [1.54, 1.807) is 19.3 Å². The lowest BCUT2D eigenvalue weighted by molar-refractivity contribution is -0.116. The number of benzene rings is 2. The molecule has 1 N–H and O–H groups in total. The summed E-state index contributed by atoms with van der Waals surface area (Å²) >= 11 is 1.82. The number of amides is 1. The zero-order chi connectivity index (χ0) is 17.2. The Morgan fingerprint density at radius 2 is 1.92 bits per heavy atom. The van der Waals surface area contributed by atoms with E-state index < -0.39 is 0 Å². The smallest absolute Gasteiger partial charge is 0.244 e. The molecule has 0 bridgehead atoms. The molecule has 4 heteroatoms. The second-order valence-corrected chi connectivity index (χ2v) is 6.51. The Kier molecular flexibility index (Phi) is 7.43. The van der Waals surface area contributed by atoms with E-state index in [0.29, 0.717) is 6.54 Å². The first-order valence-electron chi connectivity index (χ1n) is 7.91. The zero-order valence-electron chi connectivity index (χ0n) is 14.1. The molecular formula is C20H23NO2S. The van der Waals surface area contributed by atoms with E-state index >= 15 is 0 Å². The average Bonchev–Trinajstić information content (AvgIpc) is 2.61. The summed E-state index contributed by atoms with van der Waals surface area (Å²) in [5, 5.41) is 2.90. The van der Waals surface area contributed by atoms with Gasteiger partial charge in [0.15, 0.2) is 0 Å². The molecule has 0 spiro atoms. The first-order valence-corrected chi connectivity index (χ1v) is 9.07. The molecule has 1 amide bonds. The third kappa shape index (κ3) is 6.13. The molecule has 0 unspecified atom stereocenters. The molecule has 0 heterocycles. The van der Waals surface area contributed by atoms with Gasteiger partial charge in [-0.2, -0.15) is 11.8 Å². The normalized spacial score (nSPS) is 10.8. The van der Waals surface area contributed by atoms with Gasteiger partial charge in [0, 0.05) is 29.7 Å². The minimum atomic E-state index is -0.0863. The van der Waals surface area contributed by atoms with E-state index in [0.717, 1.165) is 22.8 Å². The Morgan fingerprint density at radius 1 is 1.17 bits per heavy atom. The van der Waals surface area contributed by atoms with E-state index in [2.05, 4.69) is 36.5 Å². The van der Waals surface area contributed by atoms with Crippen molar-refractivity contribution < 1.29 is 9.53 Å². The number of para-hydroxylation sites is 1. The Bertz CT molecular complexity index is 680. The van der Waals surface area contributed by atoms with Gasteiger partial charge in [0.1, 0.15) is 5.75 Å². The first-order chi connectivity index (χ1) is 11.7. The van der Waals surface area contributed by atoms with Crippen molar-refractivity contribution in [3.8, 4) is 5.75 Å². The Morgan fingerprint density at radius 3 is 2.67 bits per heavy atom. The van der Waals surface area contributed by atoms with Crippen LogP contribution in [0.4, 0.5) is 0 Å². The number of hydrogen-bond acceptors (Lipinski definition) is 3. The molecule has 2 rings (SSSR count). The predicted molar refractivity (Wildman–Crippen MR) is 102 cm³/mol. The third-order valence-corrected chi connectivity index (χ3v) is 4.52. The summed E-state index contributed by atoms with van der Waals surface area (Å²) in [6.45, 7) is 2.75. The highest BCUT2D eigenvalue weighted by molar-refractivity contribution is 7.98. The van der Waals surface area contributed by atoms with Crippen molar-refractivity contribution >= 4 is 23.7 Å². The average molecular weight is 341 g/mol. The molecule has 0 aliphatic carbocycles. The van der Waals surface area contributed by atoms with Crippen LogP contribution in [-0.2, 0) is 10.5 Å². The van der Waals surface area contributed by atoms with Gasteiger partial charge in [-0.1, -0.05) is 48.0 Å². The second kappa shape index (κ2) is 9.83. The van der Waals surface area contributed by atoms with E-state index in [1.165, 1.54) is 11.1 Å². The summed E-state index contributed by atoms with van der Waals surface area (Å²) in [7, 11) is 1.62. The molecule has 2 aromatic carbocycles. The third-order valence-electron chi connectivity index (χ3n) is 3.49. The summed E-state index contributed by atoms with van der Waals surface area (Å²) in [5.41, 5.74) is 3.48. The van der Waals surface area contributed by atoms with Crippen molar-refractivity contribution in [2.45, 2.75) is 12.7 Å². The van der Waals surface area contributed by atoms with Crippen LogP contribution in [0.1, 0.15) is 16.7 Å². The maximum atomic E-state index is 11.8. The lowest BCUT2D eigenvalue weighted by atomic mass is 10.2. The minimum absolute atomic E-state index is 0.0863. The maximum Gasteiger partial charge on any atom is 0.244 e. The fraction of sp³-hybridized carbons (Fsp3) is 0.250. The Labute approximate surface area is 148 Å². The molecule has 0 saturated heterocycles. The van der Waals surface area contributed by atoms with Gasteiger partial charge in [-0.05, 0) is 24.6 Å². The van der Waals surface area contributed by atoms with Crippen molar-refractivity contribution in [2.75, 3.05) is 19.4 Å². The Hall–Kier alpha value is -2.20. The molecular weight excluding hydrogens is 318 g/mol. The van der Waals surface area contributed by atoms with Crippen LogP contribution in [0, 0.1) is 6.92 Å². The molecule has 0 aliphatic heterocycles. The monoisotopic (exact) mass is 341 g/mol. The number of carbonyl (C=O) groups is 1. The lowest BCUT2D eigenvalue weighted by Gasteiger charge is -2.05. The van der Waals surface area contributed by atoms with Crippen LogP contribution >= 0.6 is 11.8 Å². The SMILES string of the molecule is COc1ccccc1/C=C/C(=O)NCCSCc1ccc(C)cc1. The number of hydrogen-bond donors (Lipinski definition) is 1. The maximum absolute atomic E-state index is 11.8. The molecule has 24 heavy (non-hydrogen) atoms. The van der Waals surface area contributed by atoms with Crippen molar-refractivity contribution in [3.05, 3.63) is 71.3 Å². The molecule has 0 radical (unpaired) electrons. The highest BCUT2D eigenvalue weighted by atomic mass is 32.2. The van der Waals surface area contributed by atoms with Crippen LogP contribution in [0.3, 0.4) is 0 Å². The second-order valence-electron chi connectivity index (χ2n) is 5.40. The van der Waals surface area contributed by atoms with Crippen LogP contribution in [0.25, 0.3) is 6.08 Å². The number of rotatable bonds is 8. The largest absolute Gasteiger partial charge is 0.496 e. The summed E-state index contributed by atoms with van der Waals surface area (Å²) < 4.78 is 5.25. The van der Waals surface area contributed by atoms with Gasteiger partial charge >= 0.3 is 0 Å². The molecule has 2 aromatic rings. The van der Waals surface area contributed by atoms with Crippen molar-refractivity contribution in [1.82, 2.24) is 5.32 Å². The van der Waals surface area contributed by atoms with Crippen LogP contribution in [0.15, 0.2) is 54.6 Å². The fourth-order valence-electron chi connectivity index (χ4n) is 2.15. The van der Waals surface area contributed by atoms with Crippen molar-refractivity contribution in [1.29, 1.82) is 0 Å². The minimum Gasteiger partial charge on any atom is -0.496 e. The predicted octanol–water partition coefficient (Wildman–Crippen LogP) is 4.07. The van der Waals surface area contributed by atoms with Crippen molar-refractivity contribution in [2.24, 2.45) is 0 Å². The number of aryl methyl sites for hydroxylation is 1. The zero-order valence-corrected chi connectivity index (χ0v) is 14.9. The first kappa shape index (κ1) is 18.1. The van der Waals surface area contributed by atoms with Gasteiger partial charge in [0.2, 0.25) is 5.91 Å². The van der Waals surface area contributed by atoms with E-state index in [1.807, 2.05) is 36.0 Å². The summed E-state index contributed by atoms with van der Waals surface area (Å²) in [6.07, 6.45) is 3.32. The van der Waals surface area contributed by atoms with Gasteiger partial charge in [-0.3, -0.25) is 4.79 Å². The lowest BCUT2D eigenvalue weighted by Crippen LogP contribution is -2.23. The van der Waals surface area contributed by atoms with Crippen molar-refractivity contribution in [3.63, 3.8) is 0 Å². The van der Waals surface area contributed by atoms with Gasteiger partial charge in [-0.25, -0.2) is 0 Å². The number of methoxy groups -OCH3 is 1. The molecule has 0 atom stereocenters. The molecule has 3 nitrogen and oxygen atoms in total. The van der Waals surface area contributed by atoms with Gasteiger partial charge in [0.25, 0.3) is 0 Å². The molecule has 0 aliphatic rings. The Balaban J connectivity index is 1.68. The highest BCUT2D eigenvalue weighted by Crippen LogP contribution is 2.18. The summed E-state index contributed by atoms with van der Waals surface area (Å²) in [6, 6.07) is 16.2. The molecule has 0 fully saturated rings. The summed E-state index contributed by atoms with van der Waals surface area (Å²) in [5.74, 6) is 2.53. The van der Waals surface area contributed by atoms with Crippen LogP contribution in [0.2, 0.25) is 0 Å².